The Morgan fingerprint density at radius 3 is 2.12 bits per heavy atom. The summed E-state index contributed by atoms with van der Waals surface area (Å²) in [6, 6.07) is 0.676. The van der Waals surface area contributed by atoms with Gasteiger partial charge in [0, 0.05) is 13.1 Å². The first-order valence-electron chi connectivity index (χ1n) is 3.28. The molecule has 48 valence electrons. The standard InChI is InChI=1S/C6H14N2/c1-8(7)6-4-2-3-5-6/h6H,2-5,7H2,1H3. The molecule has 0 aromatic carbocycles. The number of hydrazine groups is 1. The lowest BCUT2D eigenvalue weighted by molar-refractivity contribution is 0.253. The number of rotatable bonds is 1. The van der Waals surface area contributed by atoms with Crippen LogP contribution < -0.4 is 5.84 Å². The van der Waals surface area contributed by atoms with Gasteiger partial charge in [0.25, 0.3) is 0 Å². The molecule has 1 aliphatic carbocycles. The second kappa shape index (κ2) is 2.46. The molecule has 0 amide bonds. The Morgan fingerprint density at radius 2 is 1.88 bits per heavy atom. The van der Waals surface area contributed by atoms with Crippen molar-refractivity contribution >= 4 is 0 Å². The Morgan fingerprint density at radius 1 is 1.38 bits per heavy atom. The number of hydrogen-bond donors (Lipinski definition) is 1. The molecule has 1 aliphatic rings. The average molecular weight is 114 g/mol. The van der Waals surface area contributed by atoms with E-state index >= 15 is 0 Å². The van der Waals surface area contributed by atoms with E-state index in [1.165, 1.54) is 25.7 Å². The van der Waals surface area contributed by atoms with Crippen molar-refractivity contribution in [3.63, 3.8) is 0 Å². The van der Waals surface area contributed by atoms with Crippen LogP contribution in [0, 0.1) is 0 Å². The lowest BCUT2D eigenvalue weighted by Gasteiger charge is -2.16. The summed E-state index contributed by atoms with van der Waals surface area (Å²) in [5.41, 5.74) is 0. The van der Waals surface area contributed by atoms with E-state index in [-0.39, 0.29) is 0 Å². The minimum Gasteiger partial charge on any atom is -0.269 e. The molecule has 0 radical (unpaired) electrons. The lowest BCUT2D eigenvalue weighted by atomic mass is 10.2. The van der Waals surface area contributed by atoms with Gasteiger partial charge in [-0.1, -0.05) is 12.8 Å². The normalized spacial score (nSPS) is 22.9. The summed E-state index contributed by atoms with van der Waals surface area (Å²) in [7, 11) is 1.95. The Labute approximate surface area is 50.6 Å². The summed E-state index contributed by atoms with van der Waals surface area (Å²) >= 11 is 0. The third kappa shape index (κ3) is 1.20. The van der Waals surface area contributed by atoms with Gasteiger partial charge in [-0.05, 0) is 12.8 Å². The molecule has 8 heavy (non-hydrogen) atoms. The van der Waals surface area contributed by atoms with Gasteiger partial charge in [-0.2, -0.15) is 0 Å². The zero-order chi connectivity index (χ0) is 5.98. The Bertz CT molecular complexity index is 64.9. The van der Waals surface area contributed by atoms with Crippen LogP contribution >= 0.6 is 0 Å². The first-order chi connectivity index (χ1) is 3.80. The second-order valence-corrected chi connectivity index (χ2v) is 2.60. The molecule has 0 saturated heterocycles. The molecule has 0 spiro atoms. The van der Waals surface area contributed by atoms with Gasteiger partial charge >= 0.3 is 0 Å². The fourth-order valence-corrected chi connectivity index (χ4v) is 1.31. The van der Waals surface area contributed by atoms with Gasteiger partial charge in [0.15, 0.2) is 0 Å². The molecular formula is C6H14N2. The number of hydrogen-bond acceptors (Lipinski definition) is 2. The highest BCUT2D eigenvalue weighted by molar-refractivity contribution is 4.71. The van der Waals surface area contributed by atoms with Crippen LogP contribution in [0.25, 0.3) is 0 Å². The molecule has 2 heteroatoms. The van der Waals surface area contributed by atoms with E-state index in [0.717, 1.165) is 0 Å². The van der Waals surface area contributed by atoms with E-state index in [1.54, 1.807) is 0 Å². The quantitative estimate of drug-likeness (QED) is 0.402. The summed E-state index contributed by atoms with van der Waals surface area (Å²) < 4.78 is 0. The zero-order valence-corrected chi connectivity index (χ0v) is 5.43. The van der Waals surface area contributed by atoms with Gasteiger partial charge in [0.2, 0.25) is 0 Å². The van der Waals surface area contributed by atoms with E-state index in [0.29, 0.717) is 6.04 Å². The van der Waals surface area contributed by atoms with Crippen molar-refractivity contribution in [2.45, 2.75) is 31.7 Å². The van der Waals surface area contributed by atoms with Crippen molar-refractivity contribution in [1.29, 1.82) is 0 Å². The van der Waals surface area contributed by atoms with E-state index in [2.05, 4.69) is 0 Å². The fourth-order valence-electron chi connectivity index (χ4n) is 1.31. The lowest BCUT2D eigenvalue weighted by Crippen LogP contribution is -2.35. The third-order valence-corrected chi connectivity index (χ3v) is 1.90. The molecule has 0 atom stereocenters. The van der Waals surface area contributed by atoms with Gasteiger partial charge in [-0.3, -0.25) is 5.84 Å². The maximum absolute atomic E-state index is 5.53. The SMILES string of the molecule is CN(N)C1CCCC1. The number of nitrogens with two attached hydrogens (primary N) is 1. The van der Waals surface area contributed by atoms with Crippen LogP contribution in [0.1, 0.15) is 25.7 Å². The van der Waals surface area contributed by atoms with Crippen molar-refractivity contribution in [2.24, 2.45) is 5.84 Å². The van der Waals surface area contributed by atoms with Crippen LogP contribution in [-0.2, 0) is 0 Å². The smallest absolute Gasteiger partial charge is 0.0238 e. The van der Waals surface area contributed by atoms with Crippen LogP contribution in [0.2, 0.25) is 0 Å². The Balaban J connectivity index is 2.24. The monoisotopic (exact) mass is 114 g/mol. The Kier molecular flexibility index (Phi) is 1.86. The highest BCUT2D eigenvalue weighted by Gasteiger charge is 2.16. The molecule has 0 heterocycles. The van der Waals surface area contributed by atoms with Gasteiger partial charge in [-0.15, -0.1) is 0 Å². The van der Waals surface area contributed by atoms with Crippen LogP contribution in [0.15, 0.2) is 0 Å². The minimum absolute atomic E-state index is 0.676. The second-order valence-electron chi connectivity index (χ2n) is 2.60. The van der Waals surface area contributed by atoms with E-state index in [1.807, 2.05) is 12.1 Å². The molecule has 1 rings (SSSR count). The third-order valence-electron chi connectivity index (χ3n) is 1.90. The average Bonchev–Trinajstić information content (AvgIpc) is 2.12. The summed E-state index contributed by atoms with van der Waals surface area (Å²) in [6.07, 6.45) is 5.33. The predicted molar refractivity (Wildman–Crippen MR) is 34.2 cm³/mol. The molecule has 0 unspecified atom stereocenters. The van der Waals surface area contributed by atoms with Gasteiger partial charge in [-0.25, -0.2) is 5.01 Å². The molecule has 2 N–H and O–H groups in total. The first kappa shape index (κ1) is 6.05. The van der Waals surface area contributed by atoms with Crippen molar-refractivity contribution in [3.8, 4) is 0 Å². The van der Waals surface area contributed by atoms with Crippen molar-refractivity contribution in [1.82, 2.24) is 5.01 Å². The molecule has 0 aliphatic heterocycles. The molecule has 1 saturated carbocycles. The van der Waals surface area contributed by atoms with Gasteiger partial charge < -0.3 is 0 Å². The molecule has 0 aromatic rings. The summed E-state index contributed by atoms with van der Waals surface area (Å²) in [5.74, 6) is 5.53. The summed E-state index contributed by atoms with van der Waals surface area (Å²) in [6.45, 7) is 0. The van der Waals surface area contributed by atoms with Gasteiger partial charge in [0.1, 0.15) is 0 Å². The molecule has 2 nitrogen and oxygen atoms in total. The van der Waals surface area contributed by atoms with E-state index in [4.69, 9.17) is 5.84 Å². The highest BCUT2D eigenvalue weighted by atomic mass is 15.4. The summed E-state index contributed by atoms with van der Waals surface area (Å²) in [4.78, 5) is 0. The zero-order valence-electron chi connectivity index (χ0n) is 5.43. The minimum atomic E-state index is 0.676. The van der Waals surface area contributed by atoms with Crippen LogP contribution in [0.3, 0.4) is 0 Å². The van der Waals surface area contributed by atoms with Crippen LogP contribution in [0.4, 0.5) is 0 Å². The predicted octanol–water partition coefficient (Wildman–Crippen LogP) is 0.734. The van der Waals surface area contributed by atoms with E-state index < -0.39 is 0 Å². The largest absolute Gasteiger partial charge is 0.269 e. The molecular weight excluding hydrogens is 100 g/mol. The van der Waals surface area contributed by atoms with Crippen molar-refractivity contribution in [3.05, 3.63) is 0 Å². The Hall–Kier alpha value is -0.0800. The highest BCUT2D eigenvalue weighted by Crippen LogP contribution is 2.19. The van der Waals surface area contributed by atoms with E-state index in [9.17, 15) is 0 Å². The molecule has 0 aromatic heterocycles. The van der Waals surface area contributed by atoms with Crippen molar-refractivity contribution in [2.75, 3.05) is 7.05 Å². The molecule has 1 fully saturated rings. The van der Waals surface area contributed by atoms with Crippen molar-refractivity contribution < 1.29 is 0 Å². The maximum Gasteiger partial charge on any atom is 0.0238 e. The van der Waals surface area contributed by atoms with Crippen LogP contribution in [-0.4, -0.2) is 18.1 Å². The van der Waals surface area contributed by atoms with Gasteiger partial charge in [0.05, 0.1) is 0 Å². The topological polar surface area (TPSA) is 29.3 Å². The number of nitrogens with zero attached hydrogens (tertiary/aromatic N) is 1. The summed E-state index contributed by atoms with van der Waals surface area (Å²) in [5, 5.41) is 1.84. The fraction of sp³-hybridized carbons (Fsp3) is 1.00. The maximum atomic E-state index is 5.53. The molecule has 0 bridgehead atoms. The first-order valence-corrected chi connectivity index (χ1v) is 3.28. The van der Waals surface area contributed by atoms with Crippen LogP contribution in [0.5, 0.6) is 0 Å².